The van der Waals surface area contributed by atoms with E-state index in [1.54, 1.807) is 12.1 Å². The average Bonchev–Trinajstić information content (AvgIpc) is 3.01. The van der Waals surface area contributed by atoms with Crippen molar-refractivity contribution in [2.45, 2.75) is 28.9 Å². The second kappa shape index (κ2) is 7.23. The van der Waals surface area contributed by atoms with E-state index in [0.29, 0.717) is 21.8 Å². The molecule has 0 saturated carbocycles. The molecule has 3 aromatic rings. The molecular formula is C18H16ClNO3S2. The summed E-state index contributed by atoms with van der Waals surface area (Å²) < 4.78 is 31.7. The van der Waals surface area contributed by atoms with Crippen molar-refractivity contribution in [3.05, 3.63) is 59.1 Å². The van der Waals surface area contributed by atoms with E-state index < -0.39 is 9.84 Å². The highest BCUT2D eigenvalue weighted by Gasteiger charge is 2.28. The maximum absolute atomic E-state index is 13.0. The Bertz CT molecular complexity index is 978. The van der Waals surface area contributed by atoms with Gasteiger partial charge in [-0.1, -0.05) is 48.0 Å². The first-order valence-electron chi connectivity index (χ1n) is 7.63. The van der Waals surface area contributed by atoms with Gasteiger partial charge in [-0.3, -0.25) is 0 Å². The highest BCUT2D eigenvalue weighted by molar-refractivity contribution is 8.00. The van der Waals surface area contributed by atoms with Crippen LogP contribution in [-0.2, 0) is 9.84 Å². The van der Waals surface area contributed by atoms with Gasteiger partial charge in [-0.15, -0.1) is 0 Å². The third kappa shape index (κ3) is 3.76. The summed E-state index contributed by atoms with van der Waals surface area (Å²) >= 11 is 7.16. The fourth-order valence-electron chi connectivity index (χ4n) is 2.23. The van der Waals surface area contributed by atoms with Gasteiger partial charge in [0.1, 0.15) is 0 Å². The highest BCUT2D eigenvalue weighted by Crippen LogP contribution is 2.35. The molecule has 130 valence electrons. The van der Waals surface area contributed by atoms with Gasteiger partial charge in [0.15, 0.2) is 0 Å². The number of nitrogens with zero attached hydrogens (tertiary/aromatic N) is 1. The minimum atomic E-state index is -3.79. The number of aromatic nitrogens is 1. The first-order valence-corrected chi connectivity index (χ1v) is 10.5. The second-order valence-corrected chi connectivity index (χ2v) is 8.91. The Morgan fingerprint density at radius 1 is 1.08 bits per heavy atom. The maximum atomic E-state index is 13.0. The third-order valence-corrected chi connectivity index (χ3v) is 6.41. The van der Waals surface area contributed by atoms with E-state index in [2.05, 4.69) is 4.98 Å². The first-order chi connectivity index (χ1) is 11.9. The number of hydrogen-bond donors (Lipinski definition) is 0. The van der Waals surface area contributed by atoms with E-state index in [-0.39, 0.29) is 9.92 Å². The molecule has 0 spiro atoms. The normalized spacial score (nSPS) is 11.6. The van der Waals surface area contributed by atoms with Crippen molar-refractivity contribution in [2.75, 3.05) is 5.75 Å². The summed E-state index contributed by atoms with van der Waals surface area (Å²) in [7, 11) is -3.79. The van der Waals surface area contributed by atoms with E-state index in [9.17, 15) is 8.42 Å². The van der Waals surface area contributed by atoms with E-state index in [1.165, 1.54) is 23.9 Å². The average molecular weight is 394 g/mol. The molecule has 0 saturated heterocycles. The van der Waals surface area contributed by atoms with Crippen LogP contribution in [0.1, 0.15) is 12.5 Å². The molecule has 7 heteroatoms. The standard InChI is InChI=1S/C18H16ClNO3S2/c1-3-24-18-17(25(21,22)15-10-8-14(19)9-11-15)20-16(23-18)13-6-4-12(2)5-7-13/h4-11H,3H2,1-2H3. The Kier molecular flexibility index (Phi) is 5.22. The van der Waals surface area contributed by atoms with Crippen LogP contribution in [0.25, 0.3) is 11.5 Å². The van der Waals surface area contributed by atoms with Gasteiger partial charge in [0.2, 0.25) is 25.8 Å². The molecule has 0 atom stereocenters. The minimum absolute atomic E-state index is 0.0581. The van der Waals surface area contributed by atoms with Crippen molar-refractivity contribution in [1.29, 1.82) is 0 Å². The quantitative estimate of drug-likeness (QED) is 0.554. The Morgan fingerprint density at radius 3 is 2.32 bits per heavy atom. The lowest BCUT2D eigenvalue weighted by atomic mass is 10.1. The number of rotatable bonds is 5. The Labute approximate surface area is 156 Å². The molecule has 25 heavy (non-hydrogen) atoms. The molecule has 0 unspecified atom stereocenters. The number of benzene rings is 2. The van der Waals surface area contributed by atoms with Gasteiger partial charge in [-0.25, -0.2) is 8.42 Å². The van der Waals surface area contributed by atoms with Crippen LogP contribution in [0.15, 0.2) is 68.0 Å². The zero-order valence-corrected chi connectivity index (χ0v) is 16.1. The zero-order valence-electron chi connectivity index (χ0n) is 13.7. The maximum Gasteiger partial charge on any atom is 0.228 e. The summed E-state index contributed by atoms with van der Waals surface area (Å²) in [5.41, 5.74) is 1.84. The van der Waals surface area contributed by atoms with E-state index in [0.717, 1.165) is 11.1 Å². The molecule has 0 aliphatic heterocycles. The minimum Gasteiger partial charge on any atom is -0.428 e. The number of halogens is 1. The summed E-state index contributed by atoms with van der Waals surface area (Å²) in [6.07, 6.45) is 0. The Hall–Kier alpha value is -1.76. The number of hydrogen-bond acceptors (Lipinski definition) is 5. The van der Waals surface area contributed by atoms with Gasteiger partial charge in [0.25, 0.3) is 0 Å². The molecule has 0 aliphatic rings. The Morgan fingerprint density at radius 2 is 1.72 bits per heavy atom. The molecule has 1 heterocycles. The van der Waals surface area contributed by atoms with Crippen LogP contribution in [0.5, 0.6) is 0 Å². The molecule has 0 radical (unpaired) electrons. The van der Waals surface area contributed by atoms with Crippen LogP contribution in [0.2, 0.25) is 5.02 Å². The van der Waals surface area contributed by atoms with E-state index in [4.69, 9.17) is 16.0 Å². The molecule has 3 rings (SSSR count). The fraction of sp³-hybridized carbons (Fsp3) is 0.167. The molecule has 1 aromatic heterocycles. The molecule has 0 N–H and O–H groups in total. The van der Waals surface area contributed by atoms with E-state index >= 15 is 0 Å². The number of oxazole rings is 1. The van der Waals surface area contributed by atoms with Crippen molar-refractivity contribution in [1.82, 2.24) is 4.98 Å². The lowest BCUT2D eigenvalue weighted by Crippen LogP contribution is -2.03. The number of sulfone groups is 1. The summed E-state index contributed by atoms with van der Waals surface area (Å²) in [6, 6.07) is 13.6. The van der Waals surface area contributed by atoms with Gasteiger partial charge in [-0.05, 0) is 49.1 Å². The lowest BCUT2D eigenvalue weighted by molar-refractivity contribution is 0.470. The summed E-state index contributed by atoms with van der Waals surface area (Å²) in [5, 5.41) is 0.716. The van der Waals surface area contributed by atoms with Crippen LogP contribution < -0.4 is 0 Å². The summed E-state index contributed by atoms with van der Waals surface area (Å²) in [5.74, 6) is 0.967. The molecule has 0 amide bonds. The van der Waals surface area contributed by atoms with Crippen molar-refractivity contribution in [3.8, 4) is 11.5 Å². The van der Waals surface area contributed by atoms with Crippen molar-refractivity contribution >= 4 is 33.2 Å². The number of thioether (sulfide) groups is 1. The van der Waals surface area contributed by atoms with Gasteiger partial charge in [0.05, 0.1) is 4.90 Å². The van der Waals surface area contributed by atoms with Crippen molar-refractivity contribution in [3.63, 3.8) is 0 Å². The van der Waals surface area contributed by atoms with Crippen LogP contribution >= 0.6 is 23.4 Å². The van der Waals surface area contributed by atoms with Gasteiger partial charge in [0, 0.05) is 10.6 Å². The topological polar surface area (TPSA) is 60.2 Å². The van der Waals surface area contributed by atoms with Crippen LogP contribution in [0.4, 0.5) is 0 Å². The fourth-order valence-corrected chi connectivity index (χ4v) is 4.61. The summed E-state index contributed by atoms with van der Waals surface area (Å²) in [4.78, 5) is 4.43. The molecule has 0 fully saturated rings. The monoisotopic (exact) mass is 393 g/mol. The third-order valence-electron chi connectivity index (χ3n) is 3.52. The predicted molar refractivity (Wildman–Crippen MR) is 100.0 cm³/mol. The zero-order chi connectivity index (χ0) is 18.0. The van der Waals surface area contributed by atoms with E-state index in [1.807, 2.05) is 38.1 Å². The van der Waals surface area contributed by atoms with Gasteiger partial charge < -0.3 is 4.42 Å². The van der Waals surface area contributed by atoms with Crippen LogP contribution in [0, 0.1) is 6.92 Å². The summed E-state index contributed by atoms with van der Waals surface area (Å²) in [6.45, 7) is 3.91. The van der Waals surface area contributed by atoms with Crippen LogP contribution in [0.3, 0.4) is 0 Å². The van der Waals surface area contributed by atoms with Gasteiger partial charge >= 0.3 is 0 Å². The lowest BCUT2D eigenvalue weighted by Gasteiger charge is -2.02. The SMILES string of the molecule is CCSc1oc(-c2ccc(C)cc2)nc1S(=O)(=O)c1ccc(Cl)cc1. The van der Waals surface area contributed by atoms with Crippen molar-refractivity contribution in [2.24, 2.45) is 0 Å². The first kappa shape index (κ1) is 18.0. The molecule has 4 nitrogen and oxygen atoms in total. The Balaban J connectivity index is 2.11. The molecular weight excluding hydrogens is 378 g/mol. The molecule has 2 aromatic carbocycles. The number of aryl methyl sites for hydroxylation is 1. The second-order valence-electron chi connectivity index (χ2n) is 5.37. The highest BCUT2D eigenvalue weighted by atomic mass is 35.5. The van der Waals surface area contributed by atoms with Crippen LogP contribution in [-0.4, -0.2) is 19.2 Å². The molecule has 0 aliphatic carbocycles. The largest absolute Gasteiger partial charge is 0.428 e. The smallest absolute Gasteiger partial charge is 0.228 e. The predicted octanol–water partition coefficient (Wildman–Crippen LogP) is 5.25. The van der Waals surface area contributed by atoms with Crippen molar-refractivity contribution < 1.29 is 12.8 Å². The molecule has 0 bridgehead atoms. The van der Waals surface area contributed by atoms with Gasteiger partial charge in [-0.2, -0.15) is 4.98 Å².